The number of fused-ring (bicyclic) bond motifs is 1. The summed E-state index contributed by atoms with van der Waals surface area (Å²) >= 11 is 3.29. The number of rotatable bonds is 5. The van der Waals surface area contributed by atoms with E-state index < -0.39 is 12.1 Å². The maximum atomic E-state index is 12.8. The van der Waals surface area contributed by atoms with Gasteiger partial charge in [-0.25, -0.2) is 14.6 Å². The molecule has 8 nitrogen and oxygen atoms in total. The second-order valence-electron chi connectivity index (χ2n) is 6.24. The molecule has 2 atom stereocenters. The number of hydrogen-bond donors (Lipinski definition) is 1. The number of pyridine rings is 1. The van der Waals surface area contributed by atoms with E-state index >= 15 is 0 Å². The van der Waals surface area contributed by atoms with E-state index in [4.69, 9.17) is 13.9 Å². The molecule has 0 aromatic carbocycles. The predicted octanol–water partition coefficient (Wildman–Crippen LogP) is 4.21. The number of carboxylic acid groups (broad SMARTS) is 1. The van der Waals surface area contributed by atoms with E-state index in [1.54, 1.807) is 13.0 Å². The van der Waals surface area contributed by atoms with Gasteiger partial charge in [-0.15, -0.1) is 0 Å². The molecule has 2 aromatic rings. The summed E-state index contributed by atoms with van der Waals surface area (Å²) in [5.41, 5.74) is 0.486. The van der Waals surface area contributed by atoms with E-state index in [9.17, 15) is 14.7 Å². The average Bonchev–Trinajstić information content (AvgIpc) is 3.01. The Balaban J connectivity index is 2.16. The van der Waals surface area contributed by atoms with Crippen LogP contribution in [0.4, 0.5) is 10.5 Å². The monoisotopic (exact) mass is 440 g/mol. The summed E-state index contributed by atoms with van der Waals surface area (Å²) in [4.78, 5) is 30.2. The molecule has 146 valence electrons. The molecule has 0 radical (unpaired) electrons. The second kappa shape index (κ2) is 8.26. The van der Waals surface area contributed by atoms with Crippen molar-refractivity contribution >= 4 is 44.6 Å². The predicted molar refractivity (Wildman–Crippen MR) is 101 cm³/mol. The van der Waals surface area contributed by atoms with Crippen LogP contribution in [0.1, 0.15) is 43.7 Å². The zero-order valence-corrected chi connectivity index (χ0v) is 16.7. The van der Waals surface area contributed by atoms with Gasteiger partial charge in [0.2, 0.25) is 5.76 Å². The first-order valence-corrected chi connectivity index (χ1v) is 9.64. The smallest absolute Gasteiger partial charge is 0.414 e. The van der Waals surface area contributed by atoms with Crippen molar-refractivity contribution in [2.45, 2.75) is 45.3 Å². The van der Waals surface area contributed by atoms with Gasteiger partial charge >= 0.3 is 12.1 Å². The van der Waals surface area contributed by atoms with Crippen LogP contribution in [0, 0.1) is 0 Å². The third-order valence-corrected chi connectivity index (χ3v) is 5.01. The Morgan fingerprint density at radius 2 is 2.22 bits per heavy atom. The summed E-state index contributed by atoms with van der Waals surface area (Å²) in [6.45, 7) is 4.39. The van der Waals surface area contributed by atoms with E-state index in [0.717, 1.165) is 6.42 Å². The number of halogens is 1. The van der Waals surface area contributed by atoms with Crippen LogP contribution < -0.4 is 4.90 Å². The first kappa shape index (κ1) is 19.6. The second-order valence-corrected chi connectivity index (χ2v) is 7.05. The summed E-state index contributed by atoms with van der Waals surface area (Å²) in [6, 6.07) is 1.39. The minimum atomic E-state index is -1.26. The van der Waals surface area contributed by atoms with Crippen LogP contribution in [0.5, 0.6) is 0 Å². The third kappa shape index (κ3) is 3.93. The van der Waals surface area contributed by atoms with Gasteiger partial charge in [0.05, 0.1) is 18.9 Å². The van der Waals surface area contributed by atoms with Gasteiger partial charge in [-0.1, -0.05) is 6.92 Å². The molecule has 0 unspecified atom stereocenters. The number of furan rings is 1. The number of carbonyl (C=O) groups is 2. The van der Waals surface area contributed by atoms with Gasteiger partial charge in [0.15, 0.2) is 5.58 Å². The molecule has 1 aliphatic rings. The molecule has 9 heteroatoms. The maximum absolute atomic E-state index is 12.8. The zero-order valence-electron chi connectivity index (χ0n) is 15.1. The molecule has 1 aliphatic heterocycles. The highest BCUT2D eigenvalue weighted by Gasteiger charge is 2.37. The Labute approximate surface area is 164 Å². The Morgan fingerprint density at radius 1 is 1.44 bits per heavy atom. The number of hydrogen-bond acceptors (Lipinski definition) is 6. The van der Waals surface area contributed by atoms with Crippen molar-refractivity contribution in [2.24, 2.45) is 0 Å². The van der Waals surface area contributed by atoms with Crippen LogP contribution in [-0.4, -0.2) is 47.5 Å². The van der Waals surface area contributed by atoms with Crippen molar-refractivity contribution in [1.29, 1.82) is 0 Å². The lowest BCUT2D eigenvalue weighted by Gasteiger charge is -2.36. The quantitative estimate of drug-likeness (QED) is 0.694. The molecule has 2 aromatic heterocycles. The molecular weight excluding hydrogens is 420 g/mol. The van der Waals surface area contributed by atoms with E-state index in [2.05, 4.69) is 20.9 Å². The summed E-state index contributed by atoms with van der Waals surface area (Å²) in [6.07, 6.45) is 2.80. The number of amides is 1. The van der Waals surface area contributed by atoms with Gasteiger partial charge in [0.1, 0.15) is 10.3 Å². The molecule has 3 rings (SSSR count). The number of aromatic nitrogens is 1. The van der Waals surface area contributed by atoms with Crippen molar-refractivity contribution in [3.05, 3.63) is 22.6 Å². The van der Waals surface area contributed by atoms with Gasteiger partial charge in [0, 0.05) is 18.0 Å². The number of nitrogens with zero attached hydrogens (tertiary/aromatic N) is 2. The molecule has 0 bridgehead atoms. The summed E-state index contributed by atoms with van der Waals surface area (Å²) in [5, 5.41) is 10.2. The van der Waals surface area contributed by atoms with Gasteiger partial charge in [0.25, 0.3) is 0 Å². The topological polar surface area (TPSA) is 102 Å². The summed E-state index contributed by atoms with van der Waals surface area (Å²) in [5.74, 6) is -1.57. The minimum Gasteiger partial charge on any atom is -0.475 e. The van der Waals surface area contributed by atoms with Crippen molar-refractivity contribution in [2.75, 3.05) is 18.1 Å². The van der Waals surface area contributed by atoms with Gasteiger partial charge < -0.3 is 19.0 Å². The Hall–Kier alpha value is -2.13. The lowest BCUT2D eigenvalue weighted by atomic mass is 9.99. The van der Waals surface area contributed by atoms with Crippen LogP contribution in [0.25, 0.3) is 11.0 Å². The summed E-state index contributed by atoms with van der Waals surface area (Å²) in [7, 11) is 0. The van der Waals surface area contributed by atoms with E-state index in [0.29, 0.717) is 35.0 Å². The molecule has 0 spiro atoms. The number of aromatic carboxylic acids is 1. The number of carboxylic acids is 1. The van der Waals surface area contributed by atoms with E-state index in [1.807, 2.05) is 6.92 Å². The molecule has 1 fully saturated rings. The molecule has 0 saturated carbocycles. The van der Waals surface area contributed by atoms with Crippen LogP contribution in [-0.2, 0) is 9.47 Å². The first-order chi connectivity index (χ1) is 13.0. The van der Waals surface area contributed by atoms with Gasteiger partial charge in [-0.05, 0) is 48.2 Å². The lowest BCUT2D eigenvalue weighted by molar-refractivity contribution is 0.00467. The van der Waals surface area contributed by atoms with Crippen molar-refractivity contribution in [1.82, 2.24) is 4.98 Å². The normalized spacial score (nSPS) is 19.8. The fourth-order valence-electron chi connectivity index (χ4n) is 3.34. The highest BCUT2D eigenvalue weighted by atomic mass is 79.9. The van der Waals surface area contributed by atoms with Gasteiger partial charge in [-0.2, -0.15) is 0 Å². The largest absolute Gasteiger partial charge is 0.475 e. The number of ether oxygens (including phenoxy) is 2. The third-order valence-electron chi connectivity index (χ3n) is 4.58. The molecule has 1 N–H and O–H groups in total. The molecule has 3 heterocycles. The van der Waals surface area contributed by atoms with E-state index in [-0.39, 0.29) is 30.2 Å². The molecular formula is C18H21BrN2O6. The van der Waals surface area contributed by atoms with Crippen molar-refractivity contribution in [3.8, 4) is 0 Å². The van der Waals surface area contributed by atoms with Gasteiger partial charge in [-0.3, -0.25) is 4.90 Å². The van der Waals surface area contributed by atoms with Crippen LogP contribution >= 0.6 is 15.9 Å². The zero-order chi connectivity index (χ0) is 19.6. The molecule has 1 amide bonds. The number of carbonyl (C=O) groups excluding carboxylic acids is 1. The average molecular weight is 441 g/mol. The molecule has 27 heavy (non-hydrogen) atoms. The standard InChI is InChI=1S/C18H21BrN2O6/c1-3-11-7-10(5-6-26-11)21(18(24)25-4-2)15-12-8-14(19)20-9-13(12)27-16(15)17(22)23/h8-11H,3-7H2,1-2H3,(H,22,23)/t10-,11-/m1/s1. The highest BCUT2D eigenvalue weighted by Crippen LogP contribution is 2.38. The first-order valence-electron chi connectivity index (χ1n) is 8.85. The Morgan fingerprint density at radius 3 is 2.89 bits per heavy atom. The highest BCUT2D eigenvalue weighted by molar-refractivity contribution is 9.10. The number of anilines is 1. The van der Waals surface area contributed by atoms with Crippen LogP contribution in [0.15, 0.2) is 21.3 Å². The maximum Gasteiger partial charge on any atom is 0.414 e. The van der Waals surface area contributed by atoms with Crippen molar-refractivity contribution in [3.63, 3.8) is 0 Å². The SMILES string of the molecule is CCOC(=O)N(c1c(C(=O)O)oc2cnc(Br)cc12)[C@@H]1CCO[C@H](CC)C1. The van der Waals surface area contributed by atoms with Crippen LogP contribution in [0.2, 0.25) is 0 Å². The lowest BCUT2D eigenvalue weighted by Crippen LogP contribution is -2.46. The fraction of sp³-hybridized carbons (Fsp3) is 0.500. The van der Waals surface area contributed by atoms with Crippen molar-refractivity contribution < 1.29 is 28.6 Å². The van der Waals surface area contributed by atoms with E-state index in [1.165, 1.54) is 11.1 Å². The minimum absolute atomic E-state index is 0.000484. The Bertz CT molecular complexity index is 852. The van der Waals surface area contributed by atoms with Crippen LogP contribution in [0.3, 0.4) is 0 Å². The Kier molecular flexibility index (Phi) is 6.01. The molecule has 1 saturated heterocycles. The molecule has 0 aliphatic carbocycles. The fourth-order valence-corrected chi connectivity index (χ4v) is 3.67. The summed E-state index contributed by atoms with van der Waals surface area (Å²) < 4.78 is 17.0.